The zero-order valence-corrected chi connectivity index (χ0v) is 13.7. The average molecular weight is 339 g/mol. The van der Waals surface area contributed by atoms with Crippen molar-refractivity contribution >= 4 is 23.2 Å². The van der Waals surface area contributed by atoms with Gasteiger partial charge < -0.3 is 16.2 Å². The Kier molecular flexibility index (Phi) is 6.68. The molecule has 0 radical (unpaired) electrons. The predicted molar refractivity (Wildman–Crippen MR) is 92.3 cm³/mol. The standard InChI is InChI=1S/C17H20Cl2N2O/c18-14-8-4-7-13(17(14)19)10-21-11-16(22)15(20)9-12-5-2-1-3-6-12/h1-8,15-16,21-22H,9-11,20H2/t15-,16+/m0/s1. The Morgan fingerprint density at radius 3 is 2.50 bits per heavy atom. The van der Waals surface area contributed by atoms with Crippen LogP contribution in [0, 0.1) is 0 Å². The van der Waals surface area contributed by atoms with Crippen molar-refractivity contribution < 1.29 is 5.11 Å². The van der Waals surface area contributed by atoms with Gasteiger partial charge in [0.25, 0.3) is 0 Å². The van der Waals surface area contributed by atoms with Crippen LogP contribution in [0.5, 0.6) is 0 Å². The predicted octanol–water partition coefficient (Wildman–Crippen LogP) is 3.01. The first-order valence-electron chi connectivity index (χ1n) is 7.19. The number of nitrogens with one attached hydrogen (secondary N) is 1. The van der Waals surface area contributed by atoms with Gasteiger partial charge in [-0.2, -0.15) is 0 Å². The van der Waals surface area contributed by atoms with Crippen molar-refractivity contribution in [2.75, 3.05) is 6.54 Å². The Morgan fingerprint density at radius 1 is 1.05 bits per heavy atom. The van der Waals surface area contributed by atoms with Crippen LogP contribution in [-0.2, 0) is 13.0 Å². The smallest absolute Gasteiger partial charge is 0.0818 e. The molecule has 0 amide bonds. The molecule has 0 bridgehead atoms. The number of benzene rings is 2. The molecule has 2 rings (SSSR count). The highest BCUT2D eigenvalue weighted by atomic mass is 35.5. The highest BCUT2D eigenvalue weighted by Crippen LogP contribution is 2.25. The minimum absolute atomic E-state index is 0.315. The molecule has 2 aromatic rings. The van der Waals surface area contributed by atoms with E-state index in [0.29, 0.717) is 29.6 Å². The summed E-state index contributed by atoms with van der Waals surface area (Å²) in [6.07, 6.45) is 0.0138. The molecule has 0 aromatic heterocycles. The van der Waals surface area contributed by atoms with Gasteiger partial charge in [0.2, 0.25) is 0 Å². The summed E-state index contributed by atoms with van der Waals surface area (Å²) in [6, 6.07) is 15.1. The van der Waals surface area contributed by atoms with Crippen molar-refractivity contribution in [1.82, 2.24) is 5.32 Å². The lowest BCUT2D eigenvalue weighted by Gasteiger charge is -2.19. The van der Waals surface area contributed by atoms with Gasteiger partial charge in [-0.15, -0.1) is 0 Å². The first kappa shape index (κ1) is 17.3. The largest absolute Gasteiger partial charge is 0.390 e. The van der Waals surface area contributed by atoms with Crippen LogP contribution in [0.1, 0.15) is 11.1 Å². The van der Waals surface area contributed by atoms with E-state index >= 15 is 0 Å². The van der Waals surface area contributed by atoms with E-state index in [1.165, 1.54) is 0 Å². The van der Waals surface area contributed by atoms with Gasteiger partial charge in [-0.25, -0.2) is 0 Å². The minimum atomic E-state index is -0.627. The summed E-state index contributed by atoms with van der Waals surface area (Å²) in [5, 5.41) is 14.4. The quantitative estimate of drug-likeness (QED) is 0.727. The Balaban J connectivity index is 1.80. The molecule has 0 saturated heterocycles. The topological polar surface area (TPSA) is 58.3 Å². The van der Waals surface area contributed by atoms with Crippen LogP contribution in [0.3, 0.4) is 0 Å². The summed E-state index contributed by atoms with van der Waals surface area (Å²) >= 11 is 12.1. The zero-order chi connectivity index (χ0) is 15.9. The second kappa shape index (κ2) is 8.51. The molecule has 2 atom stereocenters. The summed E-state index contributed by atoms with van der Waals surface area (Å²) in [5.41, 5.74) is 8.06. The van der Waals surface area contributed by atoms with Crippen molar-refractivity contribution in [2.24, 2.45) is 5.73 Å². The molecule has 0 spiro atoms. The molecule has 5 heteroatoms. The van der Waals surface area contributed by atoms with Gasteiger partial charge in [0.15, 0.2) is 0 Å². The molecule has 3 nitrogen and oxygen atoms in total. The van der Waals surface area contributed by atoms with Crippen molar-refractivity contribution in [1.29, 1.82) is 0 Å². The molecule has 0 saturated carbocycles. The third-order valence-electron chi connectivity index (χ3n) is 3.51. The van der Waals surface area contributed by atoms with E-state index in [0.717, 1.165) is 11.1 Å². The summed E-state index contributed by atoms with van der Waals surface area (Å²) < 4.78 is 0. The number of hydrogen-bond donors (Lipinski definition) is 3. The number of nitrogens with two attached hydrogens (primary N) is 1. The summed E-state index contributed by atoms with van der Waals surface area (Å²) in [7, 11) is 0. The SMILES string of the molecule is N[C@@H](Cc1ccccc1)[C@H](O)CNCc1cccc(Cl)c1Cl. The monoisotopic (exact) mass is 338 g/mol. The van der Waals surface area contributed by atoms with Crippen LogP contribution in [0.15, 0.2) is 48.5 Å². The van der Waals surface area contributed by atoms with E-state index in [4.69, 9.17) is 28.9 Å². The zero-order valence-electron chi connectivity index (χ0n) is 12.2. The lowest BCUT2D eigenvalue weighted by Crippen LogP contribution is -2.43. The molecule has 2 aromatic carbocycles. The van der Waals surface area contributed by atoms with Gasteiger partial charge in [-0.3, -0.25) is 0 Å². The Labute approximate surface area is 141 Å². The van der Waals surface area contributed by atoms with Gasteiger partial charge >= 0.3 is 0 Å². The summed E-state index contributed by atoms with van der Waals surface area (Å²) in [6.45, 7) is 0.936. The molecule has 0 fully saturated rings. The van der Waals surface area contributed by atoms with Gasteiger partial charge in [-0.1, -0.05) is 65.7 Å². The van der Waals surface area contributed by atoms with Crippen LogP contribution in [0.25, 0.3) is 0 Å². The van der Waals surface area contributed by atoms with E-state index in [9.17, 15) is 5.11 Å². The number of rotatable bonds is 7. The molecular weight excluding hydrogens is 319 g/mol. The fraction of sp³-hybridized carbons (Fsp3) is 0.294. The molecule has 4 N–H and O–H groups in total. The van der Waals surface area contributed by atoms with Gasteiger partial charge in [-0.05, 0) is 23.6 Å². The molecule has 22 heavy (non-hydrogen) atoms. The highest BCUT2D eigenvalue weighted by molar-refractivity contribution is 6.42. The maximum atomic E-state index is 10.1. The van der Waals surface area contributed by atoms with Crippen molar-refractivity contribution in [2.45, 2.75) is 25.1 Å². The van der Waals surface area contributed by atoms with Crippen LogP contribution in [-0.4, -0.2) is 23.8 Å². The number of aliphatic hydroxyl groups is 1. The van der Waals surface area contributed by atoms with Gasteiger partial charge in [0.1, 0.15) is 0 Å². The normalized spacial score (nSPS) is 13.8. The first-order chi connectivity index (χ1) is 10.6. The Hall–Kier alpha value is -1.10. The van der Waals surface area contributed by atoms with Crippen LogP contribution < -0.4 is 11.1 Å². The fourth-order valence-corrected chi connectivity index (χ4v) is 2.60. The lowest BCUT2D eigenvalue weighted by molar-refractivity contribution is 0.141. The molecule has 0 aliphatic heterocycles. The van der Waals surface area contributed by atoms with Crippen LogP contribution in [0.4, 0.5) is 0 Å². The number of halogens is 2. The van der Waals surface area contributed by atoms with E-state index in [1.54, 1.807) is 6.07 Å². The lowest BCUT2D eigenvalue weighted by atomic mass is 10.0. The maximum Gasteiger partial charge on any atom is 0.0818 e. The number of hydrogen-bond acceptors (Lipinski definition) is 3. The Morgan fingerprint density at radius 2 is 1.77 bits per heavy atom. The second-order valence-electron chi connectivity index (χ2n) is 5.26. The summed E-state index contributed by atoms with van der Waals surface area (Å²) in [4.78, 5) is 0. The molecule has 0 aliphatic rings. The van der Waals surface area contributed by atoms with Crippen LogP contribution >= 0.6 is 23.2 Å². The summed E-state index contributed by atoms with van der Waals surface area (Å²) in [5.74, 6) is 0. The van der Waals surface area contributed by atoms with Crippen molar-refractivity contribution in [3.8, 4) is 0 Å². The van der Waals surface area contributed by atoms with Gasteiger partial charge in [0, 0.05) is 19.1 Å². The highest BCUT2D eigenvalue weighted by Gasteiger charge is 2.15. The van der Waals surface area contributed by atoms with E-state index < -0.39 is 6.10 Å². The van der Waals surface area contributed by atoms with E-state index in [2.05, 4.69) is 5.32 Å². The first-order valence-corrected chi connectivity index (χ1v) is 7.94. The fourth-order valence-electron chi connectivity index (χ4n) is 2.21. The maximum absolute atomic E-state index is 10.1. The average Bonchev–Trinajstić information content (AvgIpc) is 2.52. The van der Waals surface area contributed by atoms with Crippen molar-refractivity contribution in [3.05, 3.63) is 69.7 Å². The minimum Gasteiger partial charge on any atom is -0.390 e. The molecule has 0 aliphatic carbocycles. The molecule has 118 valence electrons. The Bertz CT molecular complexity index is 592. The molecular formula is C17H20Cl2N2O. The van der Waals surface area contributed by atoms with Crippen molar-refractivity contribution in [3.63, 3.8) is 0 Å². The van der Waals surface area contributed by atoms with Crippen LogP contribution in [0.2, 0.25) is 10.0 Å². The molecule has 0 unspecified atom stereocenters. The second-order valence-corrected chi connectivity index (χ2v) is 6.05. The third-order valence-corrected chi connectivity index (χ3v) is 4.37. The number of aliphatic hydroxyl groups excluding tert-OH is 1. The van der Waals surface area contributed by atoms with E-state index in [1.807, 2.05) is 42.5 Å². The van der Waals surface area contributed by atoms with E-state index in [-0.39, 0.29) is 6.04 Å². The third kappa shape index (κ3) is 4.97. The molecule has 0 heterocycles. The van der Waals surface area contributed by atoms with Gasteiger partial charge in [0.05, 0.1) is 16.1 Å².